The normalized spacial score (nSPS) is 33.1. The second-order valence-electron chi connectivity index (χ2n) is 6.05. The van der Waals surface area contributed by atoms with Crippen LogP contribution in [0.1, 0.15) is 46.0 Å². The molecule has 0 spiro atoms. The van der Waals surface area contributed by atoms with E-state index >= 15 is 0 Å². The second-order valence-corrected chi connectivity index (χ2v) is 6.05. The molecule has 2 N–H and O–H groups in total. The van der Waals surface area contributed by atoms with E-state index in [1.165, 1.54) is 45.3 Å². The summed E-state index contributed by atoms with van der Waals surface area (Å²) >= 11 is 0. The van der Waals surface area contributed by atoms with Crippen LogP contribution in [0, 0.1) is 11.3 Å². The summed E-state index contributed by atoms with van der Waals surface area (Å²) in [6.45, 7) is 8.53. The third kappa shape index (κ3) is 3.11. The molecule has 2 heteroatoms. The third-order valence-corrected chi connectivity index (χ3v) is 5.11. The number of hydrogen-bond acceptors (Lipinski definition) is 2. The molecular formula is C15H28N2. The smallest absolute Gasteiger partial charge is 0.0229 e. The van der Waals surface area contributed by atoms with E-state index in [0.717, 1.165) is 6.42 Å². The van der Waals surface area contributed by atoms with Crippen molar-refractivity contribution < 1.29 is 0 Å². The van der Waals surface area contributed by atoms with E-state index in [1.807, 2.05) is 0 Å². The largest absolute Gasteiger partial charge is 0.324 e. The van der Waals surface area contributed by atoms with Gasteiger partial charge in [0.1, 0.15) is 0 Å². The van der Waals surface area contributed by atoms with E-state index in [2.05, 4.69) is 30.9 Å². The molecule has 1 fully saturated rings. The van der Waals surface area contributed by atoms with Crippen LogP contribution < -0.4 is 5.73 Å². The van der Waals surface area contributed by atoms with Crippen LogP contribution in [0.2, 0.25) is 0 Å². The van der Waals surface area contributed by atoms with Crippen molar-refractivity contribution in [3.05, 3.63) is 12.2 Å². The molecule has 98 valence electrons. The molecule has 0 amide bonds. The SMILES string of the molecule is CCC1(CC)CCN(CC2C=CC(N)C2)CC1. The molecule has 0 radical (unpaired) electrons. The average Bonchev–Trinajstić information content (AvgIpc) is 2.76. The summed E-state index contributed by atoms with van der Waals surface area (Å²) in [7, 11) is 0. The maximum atomic E-state index is 5.91. The van der Waals surface area contributed by atoms with Gasteiger partial charge in [0.15, 0.2) is 0 Å². The van der Waals surface area contributed by atoms with Crippen molar-refractivity contribution >= 4 is 0 Å². The summed E-state index contributed by atoms with van der Waals surface area (Å²) in [4.78, 5) is 2.65. The highest BCUT2D eigenvalue weighted by molar-refractivity contribution is 5.05. The first kappa shape index (κ1) is 13.1. The second kappa shape index (κ2) is 5.53. The summed E-state index contributed by atoms with van der Waals surface area (Å²) in [6.07, 6.45) is 11.1. The van der Waals surface area contributed by atoms with Crippen LogP contribution in [0.3, 0.4) is 0 Å². The van der Waals surface area contributed by atoms with Crippen LogP contribution in [0.4, 0.5) is 0 Å². The maximum Gasteiger partial charge on any atom is 0.0229 e. The standard InChI is InChI=1S/C15H28N2/c1-3-15(4-2)7-9-17(10-8-15)12-13-5-6-14(16)11-13/h5-6,13-14H,3-4,7-12,16H2,1-2H3. The van der Waals surface area contributed by atoms with Gasteiger partial charge in [-0.2, -0.15) is 0 Å². The van der Waals surface area contributed by atoms with Crippen molar-refractivity contribution in [2.75, 3.05) is 19.6 Å². The Morgan fingerprint density at radius 1 is 1.18 bits per heavy atom. The molecule has 2 unspecified atom stereocenters. The van der Waals surface area contributed by atoms with E-state index in [0.29, 0.717) is 17.4 Å². The van der Waals surface area contributed by atoms with Crippen LogP contribution in [-0.2, 0) is 0 Å². The molecule has 1 saturated heterocycles. The monoisotopic (exact) mass is 236 g/mol. The molecule has 1 aliphatic heterocycles. The van der Waals surface area contributed by atoms with Gasteiger partial charge in [-0.05, 0) is 43.7 Å². The number of likely N-dealkylation sites (tertiary alicyclic amines) is 1. The minimum Gasteiger partial charge on any atom is -0.324 e. The Morgan fingerprint density at radius 3 is 2.29 bits per heavy atom. The molecule has 2 aliphatic rings. The summed E-state index contributed by atoms with van der Waals surface area (Å²) in [5.41, 5.74) is 6.56. The average molecular weight is 236 g/mol. The topological polar surface area (TPSA) is 29.3 Å². The van der Waals surface area contributed by atoms with Crippen molar-refractivity contribution in [2.45, 2.75) is 52.0 Å². The molecule has 2 rings (SSSR count). The van der Waals surface area contributed by atoms with Crippen molar-refractivity contribution in [2.24, 2.45) is 17.1 Å². The van der Waals surface area contributed by atoms with Crippen LogP contribution in [0.15, 0.2) is 12.2 Å². The summed E-state index contributed by atoms with van der Waals surface area (Å²) < 4.78 is 0. The van der Waals surface area contributed by atoms with E-state index < -0.39 is 0 Å². The van der Waals surface area contributed by atoms with Gasteiger partial charge >= 0.3 is 0 Å². The van der Waals surface area contributed by atoms with Crippen LogP contribution in [0.25, 0.3) is 0 Å². The van der Waals surface area contributed by atoms with Gasteiger partial charge < -0.3 is 10.6 Å². The highest BCUT2D eigenvalue weighted by Gasteiger charge is 2.31. The predicted octanol–water partition coefficient (Wildman–Crippen LogP) is 2.79. The van der Waals surface area contributed by atoms with Gasteiger partial charge in [0.2, 0.25) is 0 Å². The first-order valence-corrected chi connectivity index (χ1v) is 7.34. The maximum absolute atomic E-state index is 5.91. The highest BCUT2D eigenvalue weighted by Crippen LogP contribution is 2.38. The minimum absolute atomic E-state index is 0.315. The van der Waals surface area contributed by atoms with Gasteiger partial charge in [0.05, 0.1) is 0 Å². The molecular weight excluding hydrogens is 208 g/mol. The molecule has 1 aliphatic carbocycles. The molecule has 0 saturated carbocycles. The van der Waals surface area contributed by atoms with Gasteiger partial charge in [-0.15, -0.1) is 0 Å². The Labute approximate surface area is 106 Å². The molecule has 0 aromatic rings. The number of nitrogens with two attached hydrogens (primary N) is 1. The molecule has 2 atom stereocenters. The lowest BCUT2D eigenvalue weighted by Crippen LogP contribution is -2.41. The Bertz CT molecular complexity index is 258. The van der Waals surface area contributed by atoms with Gasteiger partial charge in [-0.1, -0.05) is 38.8 Å². The van der Waals surface area contributed by atoms with Crippen molar-refractivity contribution in [3.63, 3.8) is 0 Å². The molecule has 0 bridgehead atoms. The van der Waals surface area contributed by atoms with Crippen molar-refractivity contribution in [3.8, 4) is 0 Å². The van der Waals surface area contributed by atoms with Gasteiger partial charge in [-0.3, -0.25) is 0 Å². The van der Waals surface area contributed by atoms with Crippen LogP contribution in [-0.4, -0.2) is 30.6 Å². The van der Waals surface area contributed by atoms with Crippen molar-refractivity contribution in [1.29, 1.82) is 0 Å². The van der Waals surface area contributed by atoms with Gasteiger partial charge in [0.25, 0.3) is 0 Å². The summed E-state index contributed by atoms with van der Waals surface area (Å²) in [5, 5.41) is 0. The molecule has 0 aromatic carbocycles. The first-order valence-electron chi connectivity index (χ1n) is 7.34. The highest BCUT2D eigenvalue weighted by atomic mass is 15.1. The zero-order valence-corrected chi connectivity index (χ0v) is 11.5. The molecule has 17 heavy (non-hydrogen) atoms. The lowest BCUT2D eigenvalue weighted by Gasteiger charge is -2.41. The zero-order chi connectivity index (χ0) is 12.3. The Balaban J connectivity index is 1.77. The minimum atomic E-state index is 0.315. The molecule has 0 aromatic heterocycles. The summed E-state index contributed by atoms with van der Waals surface area (Å²) in [6, 6.07) is 0.315. The van der Waals surface area contributed by atoms with Crippen LogP contribution >= 0.6 is 0 Å². The van der Waals surface area contributed by atoms with Gasteiger partial charge in [-0.25, -0.2) is 0 Å². The summed E-state index contributed by atoms with van der Waals surface area (Å²) in [5.74, 6) is 0.709. The van der Waals surface area contributed by atoms with E-state index in [1.54, 1.807) is 0 Å². The number of piperidine rings is 1. The van der Waals surface area contributed by atoms with Crippen molar-refractivity contribution in [1.82, 2.24) is 4.90 Å². The van der Waals surface area contributed by atoms with E-state index in [4.69, 9.17) is 5.73 Å². The number of nitrogens with zero attached hydrogens (tertiary/aromatic N) is 1. The van der Waals surface area contributed by atoms with E-state index in [-0.39, 0.29) is 0 Å². The number of rotatable bonds is 4. The third-order valence-electron chi connectivity index (χ3n) is 5.11. The number of hydrogen-bond donors (Lipinski definition) is 1. The Morgan fingerprint density at radius 2 is 1.82 bits per heavy atom. The quantitative estimate of drug-likeness (QED) is 0.761. The fourth-order valence-electron chi connectivity index (χ4n) is 3.44. The first-order chi connectivity index (χ1) is 8.17. The lowest BCUT2D eigenvalue weighted by atomic mass is 9.74. The zero-order valence-electron chi connectivity index (χ0n) is 11.5. The Hall–Kier alpha value is -0.340. The fourth-order valence-corrected chi connectivity index (χ4v) is 3.44. The fraction of sp³-hybridized carbons (Fsp3) is 0.867. The lowest BCUT2D eigenvalue weighted by molar-refractivity contribution is 0.0884. The van der Waals surface area contributed by atoms with Gasteiger partial charge in [0, 0.05) is 12.6 Å². The van der Waals surface area contributed by atoms with E-state index in [9.17, 15) is 0 Å². The molecule has 1 heterocycles. The van der Waals surface area contributed by atoms with Crippen LogP contribution in [0.5, 0.6) is 0 Å². The predicted molar refractivity (Wildman–Crippen MR) is 73.9 cm³/mol. The molecule has 2 nitrogen and oxygen atoms in total. The Kier molecular flexibility index (Phi) is 4.26.